The smallest absolute Gasteiger partial charge is 0.258 e. The average molecular weight is 445 g/mol. The van der Waals surface area contributed by atoms with Gasteiger partial charge in [0.15, 0.2) is 5.65 Å². The van der Waals surface area contributed by atoms with Crippen molar-refractivity contribution in [3.63, 3.8) is 0 Å². The molecule has 1 fully saturated rings. The molecule has 0 aliphatic carbocycles. The maximum absolute atomic E-state index is 13.4. The summed E-state index contributed by atoms with van der Waals surface area (Å²) in [6.45, 7) is 8.00. The second-order valence-electron chi connectivity index (χ2n) is 8.83. The number of amides is 1. The van der Waals surface area contributed by atoms with Gasteiger partial charge in [-0.25, -0.2) is 14.8 Å². The quantitative estimate of drug-likeness (QED) is 0.474. The minimum atomic E-state index is -0.277. The van der Waals surface area contributed by atoms with Crippen molar-refractivity contribution < 1.29 is 4.79 Å². The molecule has 1 aliphatic heterocycles. The van der Waals surface area contributed by atoms with E-state index in [0.717, 1.165) is 37.2 Å². The first-order valence-electron chi connectivity index (χ1n) is 11.4. The Hall–Kier alpha value is -3.75. The van der Waals surface area contributed by atoms with Gasteiger partial charge in [-0.3, -0.25) is 10.1 Å². The number of fused-ring (bicyclic) bond motifs is 1. The van der Waals surface area contributed by atoms with Crippen molar-refractivity contribution in [2.24, 2.45) is 0 Å². The monoisotopic (exact) mass is 444 g/mol. The summed E-state index contributed by atoms with van der Waals surface area (Å²) >= 11 is 0. The molecule has 0 bridgehead atoms. The first-order chi connectivity index (χ1) is 16.0. The molecule has 9 nitrogen and oxygen atoms in total. The molecule has 0 atom stereocenters. The van der Waals surface area contributed by atoms with Gasteiger partial charge in [0.05, 0.1) is 22.8 Å². The molecule has 2 N–H and O–H groups in total. The molecule has 1 aromatic carbocycles. The molecule has 1 aliphatic rings. The summed E-state index contributed by atoms with van der Waals surface area (Å²) in [6.07, 6.45) is 5.20. The van der Waals surface area contributed by atoms with Gasteiger partial charge in [0, 0.05) is 24.7 Å². The number of anilines is 2. The zero-order chi connectivity index (χ0) is 22.9. The van der Waals surface area contributed by atoms with Crippen LogP contribution in [0.25, 0.3) is 22.3 Å². The van der Waals surface area contributed by atoms with E-state index in [4.69, 9.17) is 4.98 Å². The third kappa shape index (κ3) is 4.18. The highest BCUT2D eigenvalue weighted by Gasteiger charge is 2.21. The van der Waals surface area contributed by atoms with E-state index in [1.165, 1.54) is 12.0 Å². The number of nitrogens with one attached hydrogen (secondary N) is 2. The second-order valence-corrected chi connectivity index (χ2v) is 8.83. The molecule has 0 saturated carbocycles. The molecule has 4 aromatic rings. The molecule has 0 unspecified atom stereocenters. The number of nitrogens with zero attached hydrogens (tertiary/aromatic N) is 6. The highest BCUT2D eigenvalue weighted by atomic mass is 16.1. The van der Waals surface area contributed by atoms with Gasteiger partial charge in [-0.2, -0.15) is 10.1 Å². The minimum absolute atomic E-state index is 0.112. The van der Waals surface area contributed by atoms with E-state index < -0.39 is 0 Å². The summed E-state index contributed by atoms with van der Waals surface area (Å²) in [4.78, 5) is 24.8. The van der Waals surface area contributed by atoms with Gasteiger partial charge >= 0.3 is 0 Å². The number of pyridine rings is 1. The molecule has 0 radical (unpaired) electrons. The molecule has 4 heterocycles. The van der Waals surface area contributed by atoms with Crippen molar-refractivity contribution in [2.45, 2.75) is 46.1 Å². The molecular formula is C24H28N8O. The number of carbonyl (C=O) groups is 1. The highest BCUT2D eigenvalue weighted by molar-refractivity contribution is 6.12. The van der Waals surface area contributed by atoms with Gasteiger partial charge < -0.3 is 4.90 Å². The number of carbonyl (C=O) groups excluding carboxylic acids is 1. The Kier molecular flexibility index (Phi) is 5.53. The fourth-order valence-electron chi connectivity index (χ4n) is 4.18. The largest absolute Gasteiger partial charge is 0.340 e. The van der Waals surface area contributed by atoms with Crippen LogP contribution >= 0.6 is 0 Å². The van der Waals surface area contributed by atoms with E-state index in [2.05, 4.69) is 30.5 Å². The van der Waals surface area contributed by atoms with Crippen LogP contribution in [0.1, 0.15) is 55.1 Å². The van der Waals surface area contributed by atoms with Crippen LogP contribution in [-0.4, -0.2) is 48.9 Å². The van der Waals surface area contributed by atoms with Crippen LogP contribution in [0, 0.1) is 6.92 Å². The van der Waals surface area contributed by atoms with Gasteiger partial charge in [-0.05, 0) is 46.1 Å². The lowest BCUT2D eigenvalue weighted by molar-refractivity contribution is 0.102. The second kappa shape index (κ2) is 8.65. The van der Waals surface area contributed by atoms with E-state index in [1.807, 2.05) is 55.8 Å². The van der Waals surface area contributed by atoms with Crippen LogP contribution in [0.2, 0.25) is 0 Å². The zero-order valence-electron chi connectivity index (χ0n) is 19.2. The summed E-state index contributed by atoms with van der Waals surface area (Å²) in [5.74, 6) is 0.678. The number of hydrogen-bond acceptors (Lipinski definition) is 6. The third-order valence-corrected chi connectivity index (χ3v) is 5.99. The Morgan fingerprint density at radius 2 is 1.85 bits per heavy atom. The zero-order valence-corrected chi connectivity index (χ0v) is 19.2. The molecule has 33 heavy (non-hydrogen) atoms. The van der Waals surface area contributed by atoms with Gasteiger partial charge in [-0.1, -0.05) is 29.8 Å². The van der Waals surface area contributed by atoms with Crippen LogP contribution < -0.4 is 10.2 Å². The van der Waals surface area contributed by atoms with Crippen molar-refractivity contribution in [2.75, 3.05) is 23.3 Å². The lowest BCUT2D eigenvalue weighted by Crippen LogP contribution is -2.30. The maximum atomic E-state index is 13.4. The van der Waals surface area contributed by atoms with Crippen LogP contribution in [0.15, 0.2) is 36.5 Å². The first-order valence-corrected chi connectivity index (χ1v) is 11.4. The number of rotatable bonds is 5. The number of aryl methyl sites for hydroxylation is 1. The van der Waals surface area contributed by atoms with Crippen molar-refractivity contribution in [1.82, 2.24) is 29.9 Å². The van der Waals surface area contributed by atoms with Crippen molar-refractivity contribution in [3.05, 3.63) is 47.7 Å². The summed E-state index contributed by atoms with van der Waals surface area (Å²) in [7, 11) is 0. The predicted molar refractivity (Wildman–Crippen MR) is 128 cm³/mol. The standard InChI is InChI=1S/C24H28N8O/c1-15(2)32-21-19(14-25-32)18(13-20(26-21)17-9-7-16(3)8-10-17)22(33)27-23-28-24(30-29-23)31-11-5-4-6-12-31/h7-10,13-15H,4-6,11-12H2,1-3H3,(H2,27,28,29,30,33). The van der Waals surface area contributed by atoms with Crippen molar-refractivity contribution >= 4 is 28.8 Å². The minimum Gasteiger partial charge on any atom is -0.340 e. The van der Waals surface area contributed by atoms with Crippen LogP contribution in [0.4, 0.5) is 11.9 Å². The first kappa shape index (κ1) is 21.1. The van der Waals surface area contributed by atoms with E-state index in [9.17, 15) is 4.79 Å². The predicted octanol–water partition coefficient (Wildman–Crippen LogP) is 4.35. The SMILES string of the molecule is Cc1ccc(-c2cc(C(=O)Nc3nc(N4CCCCC4)n[nH]3)c3cnn(C(C)C)c3n2)cc1. The molecule has 0 spiro atoms. The Morgan fingerprint density at radius 3 is 2.58 bits per heavy atom. The Morgan fingerprint density at radius 1 is 1.09 bits per heavy atom. The topological polar surface area (TPSA) is 105 Å². The van der Waals surface area contributed by atoms with Crippen molar-refractivity contribution in [3.8, 4) is 11.3 Å². The fraction of sp³-hybridized carbons (Fsp3) is 0.375. The summed E-state index contributed by atoms with van der Waals surface area (Å²) in [5.41, 5.74) is 4.01. The lowest BCUT2D eigenvalue weighted by atomic mass is 10.1. The fourth-order valence-corrected chi connectivity index (χ4v) is 4.18. The van der Waals surface area contributed by atoms with E-state index in [0.29, 0.717) is 28.5 Å². The lowest BCUT2D eigenvalue weighted by Gasteiger charge is -2.24. The van der Waals surface area contributed by atoms with Crippen LogP contribution in [0.5, 0.6) is 0 Å². The molecule has 170 valence electrons. The number of H-pyrrole nitrogens is 1. The third-order valence-electron chi connectivity index (χ3n) is 5.99. The van der Waals surface area contributed by atoms with E-state index in [1.54, 1.807) is 6.20 Å². The summed E-state index contributed by atoms with van der Waals surface area (Å²) < 4.78 is 1.84. The maximum Gasteiger partial charge on any atom is 0.258 e. The number of aromatic nitrogens is 6. The Bertz CT molecular complexity index is 1280. The summed E-state index contributed by atoms with van der Waals surface area (Å²) in [5, 5.41) is 15.2. The van der Waals surface area contributed by atoms with Gasteiger partial charge in [-0.15, -0.1) is 5.10 Å². The van der Waals surface area contributed by atoms with Crippen LogP contribution in [-0.2, 0) is 0 Å². The number of aromatic amines is 1. The van der Waals surface area contributed by atoms with E-state index in [-0.39, 0.29) is 11.9 Å². The Labute approximate surface area is 192 Å². The normalized spacial score (nSPS) is 14.2. The van der Waals surface area contributed by atoms with Gasteiger partial charge in [0.1, 0.15) is 0 Å². The summed E-state index contributed by atoms with van der Waals surface area (Å²) in [6, 6.07) is 10.0. The van der Waals surface area contributed by atoms with Crippen molar-refractivity contribution in [1.29, 1.82) is 0 Å². The highest BCUT2D eigenvalue weighted by Crippen LogP contribution is 2.27. The van der Waals surface area contributed by atoms with Crippen LogP contribution in [0.3, 0.4) is 0 Å². The Balaban J connectivity index is 1.50. The number of piperidine rings is 1. The molecule has 1 saturated heterocycles. The molecule has 1 amide bonds. The average Bonchev–Trinajstić information content (AvgIpc) is 3.46. The van der Waals surface area contributed by atoms with Gasteiger partial charge in [0.25, 0.3) is 5.91 Å². The van der Waals surface area contributed by atoms with E-state index >= 15 is 0 Å². The molecule has 3 aromatic heterocycles. The number of hydrogen-bond donors (Lipinski definition) is 2. The number of benzene rings is 1. The molecular weight excluding hydrogens is 416 g/mol. The van der Waals surface area contributed by atoms with Gasteiger partial charge in [0.2, 0.25) is 11.9 Å². The molecule has 9 heteroatoms. The molecule has 5 rings (SSSR count).